The zero-order valence-electron chi connectivity index (χ0n) is 19.7. The molecular weight excluding hydrogens is 420 g/mol. The van der Waals surface area contributed by atoms with E-state index in [-0.39, 0.29) is 5.57 Å². The molecule has 3 rings (SSSR count). The maximum atomic E-state index is 13.5. The third kappa shape index (κ3) is 5.20. The van der Waals surface area contributed by atoms with E-state index in [4.69, 9.17) is 9.47 Å². The molecule has 0 spiro atoms. The molecular formula is C26H32N2O5. The number of carbonyl (C=O) groups excluding carboxylic acids is 2. The lowest BCUT2D eigenvalue weighted by Crippen LogP contribution is -3.12. The Morgan fingerprint density at radius 2 is 1.58 bits per heavy atom. The van der Waals surface area contributed by atoms with Crippen LogP contribution in [0, 0.1) is 0 Å². The Kier molecular flexibility index (Phi) is 8.11. The van der Waals surface area contributed by atoms with Gasteiger partial charge in [0, 0.05) is 5.57 Å². The number of benzene rings is 2. The highest BCUT2D eigenvalue weighted by Gasteiger charge is 2.44. The van der Waals surface area contributed by atoms with Crippen LogP contribution in [0.1, 0.15) is 37.9 Å². The Morgan fingerprint density at radius 3 is 2.12 bits per heavy atom. The van der Waals surface area contributed by atoms with E-state index in [9.17, 15) is 14.7 Å². The molecule has 0 bridgehead atoms. The molecule has 1 aliphatic rings. The maximum absolute atomic E-state index is 13.5. The largest absolute Gasteiger partial charge is 0.872 e. The van der Waals surface area contributed by atoms with Gasteiger partial charge in [-0.1, -0.05) is 30.0 Å². The van der Waals surface area contributed by atoms with Gasteiger partial charge < -0.3 is 24.4 Å². The fourth-order valence-corrected chi connectivity index (χ4v) is 4.14. The first-order valence-electron chi connectivity index (χ1n) is 11.4. The number of hydrogen-bond donors (Lipinski definition) is 1. The van der Waals surface area contributed by atoms with Crippen LogP contribution in [0.25, 0.3) is 5.76 Å². The monoisotopic (exact) mass is 452 g/mol. The van der Waals surface area contributed by atoms with E-state index in [1.54, 1.807) is 55.6 Å². The maximum Gasteiger partial charge on any atom is 0.295 e. The van der Waals surface area contributed by atoms with Crippen LogP contribution in [0.2, 0.25) is 0 Å². The number of hydrogen-bond acceptors (Lipinski definition) is 5. The number of rotatable bonds is 10. The lowest BCUT2D eigenvalue weighted by Gasteiger charge is -2.28. The molecule has 1 N–H and O–H groups in total. The van der Waals surface area contributed by atoms with E-state index in [0.717, 1.165) is 13.1 Å². The first-order chi connectivity index (χ1) is 15.9. The third-order valence-electron chi connectivity index (χ3n) is 6.09. The van der Waals surface area contributed by atoms with Crippen LogP contribution >= 0.6 is 0 Å². The molecule has 1 saturated heterocycles. The molecule has 7 heteroatoms. The molecule has 1 amide bonds. The number of carbonyl (C=O) groups is 2. The minimum atomic E-state index is -0.732. The molecule has 2 aromatic carbocycles. The number of quaternary nitrogens is 1. The highest BCUT2D eigenvalue weighted by Crippen LogP contribution is 2.39. The van der Waals surface area contributed by atoms with Crippen molar-refractivity contribution in [1.82, 2.24) is 4.90 Å². The summed E-state index contributed by atoms with van der Waals surface area (Å²) in [4.78, 5) is 29.0. The van der Waals surface area contributed by atoms with Gasteiger partial charge in [-0.2, -0.15) is 0 Å². The number of Topliss-reactive ketones (excluding diaryl/α,β-unsaturated/α-hetero) is 1. The SMILES string of the molecule is CCOc1ccc(/C([O-])=C2\C(=O)C(=O)N(CC[NH+](CC)CC)C2c2ccc(OC)cc2)cc1. The molecule has 33 heavy (non-hydrogen) atoms. The average Bonchev–Trinajstić information content (AvgIpc) is 3.10. The fourth-order valence-electron chi connectivity index (χ4n) is 4.14. The normalized spacial score (nSPS) is 17.6. The molecule has 7 nitrogen and oxygen atoms in total. The van der Waals surface area contributed by atoms with Crippen molar-refractivity contribution < 1.29 is 29.1 Å². The van der Waals surface area contributed by atoms with Gasteiger partial charge in [0.05, 0.1) is 45.9 Å². The lowest BCUT2D eigenvalue weighted by atomic mass is 9.95. The van der Waals surface area contributed by atoms with Crippen molar-refractivity contribution in [2.75, 3.05) is 39.9 Å². The summed E-state index contributed by atoms with van der Waals surface area (Å²) in [6, 6.07) is 13.1. The Balaban J connectivity index is 2.05. The number of ketones is 1. The number of nitrogens with zero attached hydrogens (tertiary/aromatic N) is 1. The van der Waals surface area contributed by atoms with E-state index >= 15 is 0 Å². The van der Waals surface area contributed by atoms with Gasteiger partial charge >= 0.3 is 0 Å². The molecule has 2 aromatic rings. The van der Waals surface area contributed by atoms with E-state index in [0.29, 0.717) is 42.3 Å². The summed E-state index contributed by atoms with van der Waals surface area (Å²) in [7, 11) is 1.57. The van der Waals surface area contributed by atoms with Crippen molar-refractivity contribution in [3.05, 3.63) is 65.2 Å². The molecule has 176 valence electrons. The van der Waals surface area contributed by atoms with Gasteiger partial charge in [0.1, 0.15) is 11.5 Å². The van der Waals surface area contributed by atoms with Crippen molar-refractivity contribution >= 4 is 17.4 Å². The fraction of sp³-hybridized carbons (Fsp3) is 0.385. The Labute approximate surface area is 195 Å². The first-order valence-corrected chi connectivity index (χ1v) is 11.4. The summed E-state index contributed by atoms with van der Waals surface area (Å²) < 4.78 is 10.7. The summed E-state index contributed by atoms with van der Waals surface area (Å²) in [5, 5.41) is 13.5. The zero-order valence-corrected chi connectivity index (χ0v) is 19.7. The van der Waals surface area contributed by atoms with Crippen LogP contribution < -0.4 is 19.5 Å². The van der Waals surface area contributed by atoms with Gasteiger partial charge in [-0.15, -0.1) is 0 Å². The molecule has 0 radical (unpaired) electrons. The quantitative estimate of drug-likeness (QED) is 0.333. The van der Waals surface area contributed by atoms with Crippen LogP contribution in [0.3, 0.4) is 0 Å². The molecule has 1 heterocycles. The van der Waals surface area contributed by atoms with Gasteiger partial charge in [-0.05, 0) is 56.2 Å². The molecule has 1 atom stereocenters. The van der Waals surface area contributed by atoms with Gasteiger partial charge in [0.25, 0.3) is 5.91 Å². The number of likely N-dealkylation sites (N-methyl/N-ethyl adjacent to an activating group) is 1. The summed E-state index contributed by atoms with van der Waals surface area (Å²) in [6.07, 6.45) is 0. The number of amides is 1. The summed E-state index contributed by atoms with van der Waals surface area (Å²) in [5.41, 5.74) is 1.05. The number of ether oxygens (including phenoxy) is 2. The number of nitrogens with one attached hydrogen (secondary N) is 1. The standard InChI is InChI=1S/C26H32N2O5/c1-5-27(6-2)16-17-28-23(18-8-12-20(32-4)13-9-18)22(25(30)26(28)31)24(29)19-10-14-21(15-11-19)33-7-3/h8-15,23,29H,5-7,16-17H2,1-4H3/b24-22+. The molecule has 0 saturated carbocycles. The zero-order chi connectivity index (χ0) is 24.0. The van der Waals surface area contributed by atoms with Gasteiger partial charge in [-0.3, -0.25) is 9.59 Å². The topological polar surface area (TPSA) is 83.3 Å². The van der Waals surface area contributed by atoms with Crippen molar-refractivity contribution in [3.63, 3.8) is 0 Å². The van der Waals surface area contributed by atoms with Crippen LogP contribution in [0.5, 0.6) is 11.5 Å². The Bertz CT molecular complexity index is 994. The lowest BCUT2D eigenvalue weighted by molar-refractivity contribution is -0.895. The van der Waals surface area contributed by atoms with Crippen LogP contribution in [0.4, 0.5) is 0 Å². The minimum absolute atomic E-state index is 0.0103. The predicted molar refractivity (Wildman–Crippen MR) is 124 cm³/mol. The van der Waals surface area contributed by atoms with Crippen molar-refractivity contribution in [1.29, 1.82) is 0 Å². The van der Waals surface area contributed by atoms with Gasteiger partial charge in [-0.25, -0.2) is 0 Å². The smallest absolute Gasteiger partial charge is 0.295 e. The van der Waals surface area contributed by atoms with Crippen LogP contribution in [0.15, 0.2) is 54.1 Å². The third-order valence-corrected chi connectivity index (χ3v) is 6.09. The summed E-state index contributed by atoms with van der Waals surface area (Å²) in [6.45, 7) is 9.49. The summed E-state index contributed by atoms with van der Waals surface area (Å²) in [5.74, 6) is -0.493. The van der Waals surface area contributed by atoms with Crippen molar-refractivity contribution in [2.45, 2.75) is 26.8 Å². The average molecular weight is 453 g/mol. The van der Waals surface area contributed by atoms with Crippen molar-refractivity contribution in [3.8, 4) is 11.5 Å². The molecule has 1 fully saturated rings. The Hall–Kier alpha value is -3.32. The molecule has 0 aliphatic carbocycles. The second kappa shape index (κ2) is 11.0. The Morgan fingerprint density at radius 1 is 0.970 bits per heavy atom. The van der Waals surface area contributed by atoms with Crippen molar-refractivity contribution in [2.24, 2.45) is 0 Å². The minimum Gasteiger partial charge on any atom is -0.872 e. The summed E-state index contributed by atoms with van der Waals surface area (Å²) >= 11 is 0. The molecule has 1 aliphatic heterocycles. The van der Waals surface area contributed by atoms with E-state index in [2.05, 4.69) is 13.8 Å². The van der Waals surface area contributed by atoms with Gasteiger partial charge in [0.2, 0.25) is 5.78 Å². The molecule has 0 aromatic heterocycles. The van der Waals surface area contributed by atoms with E-state index in [1.165, 1.54) is 9.80 Å². The number of likely N-dealkylation sites (tertiary alicyclic amines) is 1. The molecule has 1 unspecified atom stereocenters. The highest BCUT2D eigenvalue weighted by molar-refractivity contribution is 6.46. The van der Waals surface area contributed by atoms with Crippen LogP contribution in [-0.4, -0.2) is 56.5 Å². The van der Waals surface area contributed by atoms with E-state index in [1.807, 2.05) is 6.92 Å². The first kappa shape index (κ1) is 24.3. The van der Waals surface area contributed by atoms with Crippen LogP contribution in [-0.2, 0) is 9.59 Å². The predicted octanol–water partition coefficient (Wildman–Crippen LogP) is 1.24. The number of methoxy groups -OCH3 is 1. The van der Waals surface area contributed by atoms with E-state index < -0.39 is 23.5 Å². The second-order valence-electron chi connectivity index (χ2n) is 7.91. The highest BCUT2D eigenvalue weighted by atomic mass is 16.5. The second-order valence-corrected chi connectivity index (χ2v) is 7.91. The van der Waals surface area contributed by atoms with Gasteiger partial charge in [0.15, 0.2) is 0 Å².